The number of amidine groups is 1. The lowest BCUT2D eigenvalue weighted by molar-refractivity contribution is 0.624. The summed E-state index contributed by atoms with van der Waals surface area (Å²) in [5, 5.41) is 7.86. The molecule has 0 amide bonds. The minimum Gasteiger partial charge on any atom is -0.390 e. The van der Waals surface area contributed by atoms with E-state index >= 15 is 0 Å². The van der Waals surface area contributed by atoms with Gasteiger partial charge in [0.1, 0.15) is 21.7 Å². The van der Waals surface area contributed by atoms with Crippen LogP contribution < -0.4 is 21.9 Å². The Morgan fingerprint density at radius 1 is 1.41 bits per heavy atom. The van der Waals surface area contributed by atoms with Crippen molar-refractivity contribution in [1.82, 2.24) is 5.32 Å². The van der Waals surface area contributed by atoms with Gasteiger partial charge in [0.25, 0.3) is 0 Å². The minimum absolute atomic E-state index is 0.305. The molecule has 5 N–H and O–H groups in total. The van der Waals surface area contributed by atoms with Gasteiger partial charge in [0, 0.05) is 11.9 Å². The fraction of sp³-hybridized carbons (Fsp3) is 0.0714. The molecular formula is C14H14FN5S2. The number of thioether (sulfide) groups is 1. The van der Waals surface area contributed by atoms with Gasteiger partial charge in [0.2, 0.25) is 0 Å². The van der Waals surface area contributed by atoms with Gasteiger partial charge in [-0.2, -0.15) is 0 Å². The van der Waals surface area contributed by atoms with Crippen molar-refractivity contribution in [2.24, 2.45) is 16.6 Å². The lowest BCUT2D eigenvalue weighted by Crippen LogP contribution is -2.46. The molecule has 0 aliphatic carbocycles. The molecule has 0 atom stereocenters. The average molecular weight is 335 g/mol. The maximum atomic E-state index is 13.3. The lowest BCUT2D eigenvalue weighted by Gasteiger charge is -2.29. The highest BCUT2D eigenvalue weighted by molar-refractivity contribution is 8.03. The van der Waals surface area contributed by atoms with Crippen LogP contribution in [0.3, 0.4) is 0 Å². The van der Waals surface area contributed by atoms with Gasteiger partial charge in [-0.3, -0.25) is 10.0 Å². The van der Waals surface area contributed by atoms with Crippen LogP contribution in [0.5, 0.6) is 0 Å². The summed E-state index contributed by atoms with van der Waals surface area (Å²) in [4.78, 5) is 4.92. The van der Waals surface area contributed by atoms with E-state index in [0.29, 0.717) is 21.6 Å². The first-order valence-electron chi connectivity index (χ1n) is 6.40. The van der Waals surface area contributed by atoms with Crippen molar-refractivity contribution < 1.29 is 4.39 Å². The number of rotatable bonds is 2. The third-order valence-electron chi connectivity index (χ3n) is 3.08. The zero-order valence-electron chi connectivity index (χ0n) is 11.7. The van der Waals surface area contributed by atoms with E-state index < -0.39 is 0 Å². The molecule has 8 heteroatoms. The Kier molecular flexibility index (Phi) is 4.06. The van der Waals surface area contributed by atoms with Gasteiger partial charge in [-0.15, -0.1) is 11.3 Å². The molecular weight excluding hydrogens is 321 g/mol. The summed E-state index contributed by atoms with van der Waals surface area (Å²) in [6, 6.07) is 8.19. The van der Waals surface area contributed by atoms with Crippen LogP contribution in [0.25, 0.3) is 0 Å². The Morgan fingerprint density at radius 3 is 2.95 bits per heavy atom. The smallest absolute Gasteiger partial charge is 0.158 e. The molecule has 1 aliphatic heterocycles. The molecule has 0 unspecified atom stereocenters. The van der Waals surface area contributed by atoms with Gasteiger partial charge in [0.05, 0.1) is 5.56 Å². The third-order valence-corrected chi connectivity index (χ3v) is 4.89. The number of hydrogen-bond acceptors (Lipinski definition) is 6. The van der Waals surface area contributed by atoms with Crippen molar-refractivity contribution in [3.05, 3.63) is 57.9 Å². The molecule has 5 nitrogen and oxygen atoms in total. The highest BCUT2D eigenvalue weighted by Crippen LogP contribution is 2.34. The summed E-state index contributed by atoms with van der Waals surface area (Å²) in [6.07, 6.45) is 0. The Morgan fingerprint density at radius 2 is 2.23 bits per heavy atom. The zero-order valence-corrected chi connectivity index (χ0v) is 13.3. The molecule has 0 saturated carbocycles. The van der Waals surface area contributed by atoms with Gasteiger partial charge in [0.15, 0.2) is 5.82 Å². The van der Waals surface area contributed by atoms with Crippen LogP contribution in [-0.4, -0.2) is 12.9 Å². The number of nitrogens with one attached hydrogen (secondary N) is 1. The molecule has 22 heavy (non-hydrogen) atoms. The molecule has 1 aromatic carbocycles. The van der Waals surface area contributed by atoms with Crippen molar-refractivity contribution >= 4 is 33.9 Å². The maximum absolute atomic E-state index is 13.3. The SMILES string of the molecule is CN=C1N/C(=C(/N)Sc2cccc(F)c2)N(N)c2sccc21. The van der Waals surface area contributed by atoms with Crippen LogP contribution in [0.2, 0.25) is 0 Å². The van der Waals surface area contributed by atoms with Crippen molar-refractivity contribution in [3.8, 4) is 0 Å². The van der Waals surface area contributed by atoms with Gasteiger partial charge in [-0.05, 0) is 29.6 Å². The number of thiophene rings is 1. The van der Waals surface area contributed by atoms with Gasteiger partial charge >= 0.3 is 0 Å². The molecule has 2 aromatic rings. The van der Waals surface area contributed by atoms with E-state index in [2.05, 4.69) is 10.3 Å². The van der Waals surface area contributed by atoms with Gasteiger partial charge < -0.3 is 11.1 Å². The zero-order chi connectivity index (χ0) is 15.7. The molecule has 114 valence electrons. The summed E-state index contributed by atoms with van der Waals surface area (Å²) in [7, 11) is 1.70. The first-order valence-corrected chi connectivity index (χ1v) is 8.09. The average Bonchev–Trinajstić information content (AvgIpc) is 2.98. The van der Waals surface area contributed by atoms with Crippen LogP contribution in [0.15, 0.2) is 56.4 Å². The first kappa shape index (κ1) is 14.9. The standard InChI is InChI=1S/C14H14FN5S2/c1-18-12-10-5-6-21-14(10)20(17)13(19-12)11(16)22-9-4-2-3-8(15)7-9/h2-7H,16-17H2,1H3,(H,18,19)/b13-11+. The van der Waals surface area contributed by atoms with E-state index in [1.807, 2.05) is 11.4 Å². The topological polar surface area (TPSA) is 79.7 Å². The van der Waals surface area contributed by atoms with E-state index in [0.717, 1.165) is 10.6 Å². The highest BCUT2D eigenvalue weighted by atomic mass is 32.2. The number of hydrogen-bond donors (Lipinski definition) is 3. The van der Waals surface area contributed by atoms with E-state index in [9.17, 15) is 4.39 Å². The summed E-state index contributed by atoms with van der Waals surface area (Å²) >= 11 is 2.74. The van der Waals surface area contributed by atoms with Crippen molar-refractivity contribution in [2.45, 2.75) is 4.90 Å². The van der Waals surface area contributed by atoms with E-state index in [-0.39, 0.29) is 5.82 Å². The number of halogens is 1. The normalized spacial score (nSPS) is 18.1. The molecule has 0 spiro atoms. The van der Waals surface area contributed by atoms with E-state index in [1.54, 1.807) is 19.2 Å². The van der Waals surface area contributed by atoms with Crippen LogP contribution in [0.4, 0.5) is 9.39 Å². The largest absolute Gasteiger partial charge is 0.390 e. The third kappa shape index (κ3) is 2.68. The summed E-state index contributed by atoms with van der Waals surface area (Å²) < 4.78 is 13.3. The summed E-state index contributed by atoms with van der Waals surface area (Å²) in [5.74, 6) is 7.07. The van der Waals surface area contributed by atoms with Gasteiger partial charge in [-0.1, -0.05) is 17.8 Å². The number of hydrazine groups is 1. The summed E-state index contributed by atoms with van der Waals surface area (Å²) in [6.45, 7) is 0. The number of anilines is 1. The molecule has 1 aliphatic rings. The first-order chi connectivity index (χ1) is 10.6. The van der Waals surface area contributed by atoms with Crippen molar-refractivity contribution in [3.63, 3.8) is 0 Å². The number of fused-ring (bicyclic) bond motifs is 1. The predicted molar refractivity (Wildman–Crippen MR) is 90.1 cm³/mol. The van der Waals surface area contributed by atoms with Crippen LogP contribution in [0.1, 0.15) is 5.56 Å². The highest BCUT2D eigenvalue weighted by Gasteiger charge is 2.26. The molecule has 0 fully saturated rings. The van der Waals surface area contributed by atoms with Crippen molar-refractivity contribution in [2.75, 3.05) is 12.1 Å². The van der Waals surface area contributed by atoms with Crippen molar-refractivity contribution in [1.29, 1.82) is 0 Å². The molecule has 0 bridgehead atoms. The predicted octanol–water partition coefficient (Wildman–Crippen LogP) is 2.42. The fourth-order valence-electron chi connectivity index (χ4n) is 2.07. The Bertz CT molecular complexity index is 768. The Balaban J connectivity index is 1.96. The van der Waals surface area contributed by atoms with Gasteiger partial charge in [-0.25, -0.2) is 10.2 Å². The second-order valence-electron chi connectivity index (χ2n) is 4.48. The van der Waals surface area contributed by atoms with E-state index in [4.69, 9.17) is 11.6 Å². The van der Waals surface area contributed by atoms with Crippen LogP contribution >= 0.6 is 23.1 Å². The second kappa shape index (κ2) is 5.99. The number of benzene rings is 1. The van der Waals surface area contributed by atoms with Crippen LogP contribution in [0, 0.1) is 5.82 Å². The quantitative estimate of drug-likeness (QED) is 0.580. The van der Waals surface area contributed by atoms with E-state index in [1.165, 1.54) is 40.2 Å². The Labute approximate surface area is 135 Å². The lowest BCUT2D eigenvalue weighted by atomic mass is 10.2. The second-order valence-corrected chi connectivity index (χ2v) is 6.49. The number of nitrogens with zero attached hydrogens (tertiary/aromatic N) is 2. The molecule has 2 heterocycles. The molecule has 1 aromatic heterocycles. The number of aliphatic imine (C=N–C) groups is 1. The minimum atomic E-state index is -0.305. The molecule has 0 saturated heterocycles. The molecule has 3 rings (SSSR count). The maximum Gasteiger partial charge on any atom is 0.158 e. The van der Waals surface area contributed by atoms with Crippen LogP contribution in [-0.2, 0) is 0 Å². The summed E-state index contributed by atoms with van der Waals surface area (Å²) in [5.41, 5.74) is 7.08. The molecule has 0 radical (unpaired) electrons. The Hall–Kier alpha value is -2.03. The fourth-order valence-corrected chi connectivity index (χ4v) is 3.72. The monoisotopic (exact) mass is 335 g/mol. The number of nitrogens with two attached hydrogens (primary N) is 2.